The Hall–Kier alpha value is -0.530. The van der Waals surface area contributed by atoms with Gasteiger partial charge < -0.3 is 4.90 Å². The molecular weight excluding hydrogens is 186 g/mol. The molecule has 2 aliphatic rings. The molecule has 2 nitrogen and oxygen atoms in total. The number of hydrogen-bond acceptors (Lipinski definition) is 1. The van der Waals surface area contributed by atoms with Crippen molar-refractivity contribution in [2.24, 2.45) is 17.8 Å². The first-order chi connectivity index (χ1) is 7.22. The highest BCUT2D eigenvalue weighted by molar-refractivity contribution is 5.78. The van der Waals surface area contributed by atoms with Crippen molar-refractivity contribution >= 4 is 5.91 Å². The molecule has 1 aliphatic carbocycles. The monoisotopic (exact) mass is 209 g/mol. The Balaban J connectivity index is 1.93. The Morgan fingerprint density at radius 2 is 1.80 bits per heavy atom. The quantitative estimate of drug-likeness (QED) is 0.684. The van der Waals surface area contributed by atoms with Gasteiger partial charge in [-0.15, -0.1) is 0 Å². The maximum absolute atomic E-state index is 12.0. The second-order valence-corrected chi connectivity index (χ2v) is 5.36. The molecule has 2 rings (SSSR count). The lowest BCUT2D eigenvalue weighted by atomic mass is 9.82. The van der Waals surface area contributed by atoms with Crippen molar-refractivity contribution in [3.8, 4) is 0 Å². The predicted octanol–water partition coefficient (Wildman–Crippen LogP) is 2.68. The van der Waals surface area contributed by atoms with Gasteiger partial charge in [0, 0.05) is 19.0 Å². The Morgan fingerprint density at radius 1 is 1.27 bits per heavy atom. The maximum atomic E-state index is 12.0. The zero-order chi connectivity index (χ0) is 10.8. The molecule has 0 aromatic heterocycles. The third-order valence-corrected chi connectivity index (χ3v) is 4.32. The molecule has 2 heteroatoms. The normalized spacial score (nSPS) is 32.5. The molecule has 1 heterocycles. The van der Waals surface area contributed by atoms with Crippen LogP contribution in [0.5, 0.6) is 0 Å². The van der Waals surface area contributed by atoms with Gasteiger partial charge in [-0.2, -0.15) is 0 Å². The van der Waals surface area contributed by atoms with Crippen LogP contribution >= 0.6 is 0 Å². The molecule has 0 radical (unpaired) electrons. The van der Waals surface area contributed by atoms with Crippen molar-refractivity contribution in [1.82, 2.24) is 4.90 Å². The molecule has 0 aromatic rings. The summed E-state index contributed by atoms with van der Waals surface area (Å²) in [6, 6.07) is 0. The number of carbonyl (C=O) groups excluding carboxylic acids is 1. The van der Waals surface area contributed by atoms with Crippen LogP contribution in [0.15, 0.2) is 0 Å². The number of amides is 1. The summed E-state index contributed by atoms with van der Waals surface area (Å²) in [4.78, 5) is 14.2. The van der Waals surface area contributed by atoms with Crippen molar-refractivity contribution in [2.45, 2.75) is 46.0 Å². The Labute approximate surface area is 93.0 Å². The molecule has 1 saturated heterocycles. The van der Waals surface area contributed by atoms with Gasteiger partial charge in [0.25, 0.3) is 0 Å². The fourth-order valence-corrected chi connectivity index (χ4v) is 3.07. The van der Waals surface area contributed by atoms with Gasteiger partial charge in [0.2, 0.25) is 5.91 Å². The Kier molecular flexibility index (Phi) is 3.32. The van der Waals surface area contributed by atoms with Gasteiger partial charge in [0.15, 0.2) is 0 Å². The molecule has 3 atom stereocenters. The van der Waals surface area contributed by atoms with E-state index < -0.39 is 0 Å². The van der Waals surface area contributed by atoms with Crippen LogP contribution in [0.2, 0.25) is 0 Å². The molecule has 2 fully saturated rings. The van der Waals surface area contributed by atoms with E-state index in [0.29, 0.717) is 5.91 Å². The number of hydrogen-bond donors (Lipinski definition) is 0. The van der Waals surface area contributed by atoms with E-state index in [-0.39, 0.29) is 5.92 Å². The molecule has 1 aliphatic heterocycles. The van der Waals surface area contributed by atoms with E-state index >= 15 is 0 Å². The van der Waals surface area contributed by atoms with Crippen LogP contribution in [0.3, 0.4) is 0 Å². The van der Waals surface area contributed by atoms with Gasteiger partial charge in [-0.1, -0.05) is 26.7 Å². The number of carbonyl (C=O) groups is 1. The molecule has 0 spiro atoms. The lowest BCUT2D eigenvalue weighted by Gasteiger charge is -2.22. The Bertz CT molecular complexity index is 225. The van der Waals surface area contributed by atoms with Gasteiger partial charge in [0.05, 0.1) is 0 Å². The first kappa shape index (κ1) is 11.0. The first-order valence-electron chi connectivity index (χ1n) is 6.51. The molecule has 1 amide bonds. The number of likely N-dealkylation sites (tertiary alicyclic amines) is 1. The van der Waals surface area contributed by atoms with Gasteiger partial charge >= 0.3 is 0 Å². The highest BCUT2D eigenvalue weighted by Gasteiger charge is 2.37. The summed E-state index contributed by atoms with van der Waals surface area (Å²) in [5.74, 6) is 2.27. The summed E-state index contributed by atoms with van der Waals surface area (Å²) in [5.41, 5.74) is 0. The molecule has 0 aromatic carbocycles. The minimum absolute atomic E-state index is 0.227. The van der Waals surface area contributed by atoms with Crippen molar-refractivity contribution < 1.29 is 4.79 Å². The summed E-state index contributed by atoms with van der Waals surface area (Å²) >= 11 is 0. The summed E-state index contributed by atoms with van der Waals surface area (Å²) < 4.78 is 0. The molecule has 0 bridgehead atoms. The molecule has 0 N–H and O–H groups in total. The van der Waals surface area contributed by atoms with Crippen LogP contribution in [-0.2, 0) is 4.79 Å². The van der Waals surface area contributed by atoms with Crippen LogP contribution in [0.4, 0.5) is 0 Å². The van der Waals surface area contributed by atoms with E-state index in [0.717, 1.165) is 31.3 Å². The lowest BCUT2D eigenvalue weighted by molar-refractivity contribution is -0.134. The zero-order valence-corrected chi connectivity index (χ0v) is 10.0. The predicted molar refractivity (Wildman–Crippen MR) is 61.5 cm³/mol. The van der Waals surface area contributed by atoms with Crippen LogP contribution in [0.1, 0.15) is 46.0 Å². The topological polar surface area (TPSA) is 20.3 Å². The van der Waals surface area contributed by atoms with Gasteiger partial charge in [-0.3, -0.25) is 4.79 Å². The van der Waals surface area contributed by atoms with E-state index in [2.05, 4.69) is 18.7 Å². The van der Waals surface area contributed by atoms with E-state index in [4.69, 9.17) is 0 Å². The summed E-state index contributed by atoms with van der Waals surface area (Å²) in [6.45, 7) is 6.26. The molecule has 86 valence electrons. The summed E-state index contributed by atoms with van der Waals surface area (Å²) in [7, 11) is 0. The average Bonchev–Trinajstić information content (AvgIpc) is 2.70. The molecule has 1 unspecified atom stereocenters. The molecular formula is C13H23NO. The highest BCUT2D eigenvalue weighted by atomic mass is 16.2. The van der Waals surface area contributed by atoms with Gasteiger partial charge in [-0.25, -0.2) is 0 Å². The van der Waals surface area contributed by atoms with Crippen molar-refractivity contribution in [1.29, 1.82) is 0 Å². The van der Waals surface area contributed by atoms with Crippen LogP contribution in [0.25, 0.3) is 0 Å². The van der Waals surface area contributed by atoms with E-state index in [1.54, 1.807) is 0 Å². The minimum atomic E-state index is 0.227. The van der Waals surface area contributed by atoms with Crippen LogP contribution in [0, 0.1) is 17.8 Å². The van der Waals surface area contributed by atoms with E-state index in [1.807, 2.05) is 0 Å². The minimum Gasteiger partial charge on any atom is -0.342 e. The summed E-state index contributed by atoms with van der Waals surface area (Å²) in [6.07, 6.45) is 6.45. The zero-order valence-electron chi connectivity index (χ0n) is 10.0. The van der Waals surface area contributed by atoms with Crippen molar-refractivity contribution in [3.05, 3.63) is 0 Å². The third-order valence-electron chi connectivity index (χ3n) is 4.32. The number of rotatable bonds is 2. The fraction of sp³-hybridized carbons (Fsp3) is 0.923. The smallest absolute Gasteiger partial charge is 0.225 e. The standard InChI is InChI=1S/C13H23NO/c1-3-10(2)13(15)14-8-11-6-4-5-7-12(11)9-14/h10-12H,3-9H2,1-2H3/t10?,11-,12+. The SMILES string of the molecule is CCC(C)C(=O)N1C[C@H]2CCCC[C@H]2C1. The maximum Gasteiger partial charge on any atom is 0.225 e. The summed E-state index contributed by atoms with van der Waals surface area (Å²) in [5, 5.41) is 0. The number of nitrogens with zero attached hydrogens (tertiary/aromatic N) is 1. The first-order valence-corrected chi connectivity index (χ1v) is 6.51. The van der Waals surface area contributed by atoms with Crippen molar-refractivity contribution in [3.63, 3.8) is 0 Å². The van der Waals surface area contributed by atoms with Crippen LogP contribution in [-0.4, -0.2) is 23.9 Å². The van der Waals surface area contributed by atoms with Crippen LogP contribution < -0.4 is 0 Å². The second-order valence-electron chi connectivity index (χ2n) is 5.36. The van der Waals surface area contributed by atoms with E-state index in [9.17, 15) is 4.79 Å². The lowest BCUT2D eigenvalue weighted by Crippen LogP contribution is -2.33. The average molecular weight is 209 g/mol. The number of fused-ring (bicyclic) bond motifs is 1. The van der Waals surface area contributed by atoms with Gasteiger partial charge in [-0.05, 0) is 31.1 Å². The third kappa shape index (κ3) is 2.19. The Morgan fingerprint density at radius 3 is 2.27 bits per heavy atom. The molecule has 1 saturated carbocycles. The van der Waals surface area contributed by atoms with Gasteiger partial charge in [0.1, 0.15) is 0 Å². The largest absolute Gasteiger partial charge is 0.342 e. The highest BCUT2D eigenvalue weighted by Crippen LogP contribution is 2.36. The second kappa shape index (κ2) is 4.54. The molecule has 15 heavy (non-hydrogen) atoms. The fourth-order valence-electron chi connectivity index (χ4n) is 3.07. The van der Waals surface area contributed by atoms with E-state index in [1.165, 1.54) is 25.7 Å². The van der Waals surface area contributed by atoms with Crippen molar-refractivity contribution in [2.75, 3.05) is 13.1 Å².